The highest BCUT2D eigenvalue weighted by Crippen LogP contribution is 2.31. The molecule has 0 aliphatic heterocycles. The van der Waals surface area contributed by atoms with Crippen molar-refractivity contribution in [2.45, 2.75) is 11.9 Å². The summed E-state index contributed by atoms with van der Waals surface area (Å²) >= 11 is 8.95. The van der Waals surface area contributed by atoms with E-state index in [1.165, 1.54) is 23.1 Å². The molecule has 1 N–H and O–H groups in total. The van der Waals surface area contributed by atoms with Gasteiger partial charge in [0.1, 0.15) is 5.03 Å². The zero-order valence-electron chi connectivity index (χ0n) is 15.5. The van der Waals surface area contributed by atoms with Gasteiger partial charge in [-0.05, 0) is 31.4 Å². The van der Waals surface area contributed by atoms with Gasteiger partial charge in [-0.1, -0.05) is 29.8 Å². The number of hydrogen-bond acceptors (Lipinski definition) is 7. The molecule has 4 aromatic rings. The van der Waals surface area contributed by atoms with Gasteiger partial charge in [0.25, 0.3) is 5.91 Å². The molecule has 9 heteroatoms. The van der Waals surface area contributed by atoms with Gasteiger partial charge in [0.05, 0.1) is 23.2 Å². The van der Waals surface area contributed by atoms with Crippen LogP contribution in [-0.2, 0) is 0 Å². The average Bonchev–Trinajstić information content (AvgIpc) is 3.40. The monoisotopic (exact) mass is 442 g/mol. The van der Waals surface area contributed by atoms with E-state index < -0.39 is 0 Å². The summed E-state index contributed by atoms with van der Waals surface area (Å²) in [6.07, 6.45) is 3.43. The summed E-state index contributed by atoms with van der Waals surface area (Å²) in [6, 6.07) is 11.0. The SMILES string of the molecule is CSc1nc(-c2ccco2)nc(C)c1C(=O)Nc1nc(-c2ccccc2Cl)cs1. The molecule has 0 saturated carbocycles. The summed E-state index contributed by atoms with van der Waals surface area (Å²) in [5.74, 6) is 0.696. The van der Waals surface area contributed by atoms with Crippen LogP contribution in [0, 0.1) is 6.92 Å². The maximum Gasteiger partial charge on any atom is 0.262 e. The number of hydrogen-bond donors (Lipinski definition) is 1. The van der Waals surface area contributed by atoms with Crippen molar-refractivity contribution in [3.8, 4) is 22.8 Å². The van der Waals surface area contributed by atoms with Crippen molar-refractivity contribution in [1.29, 1.82) is 0 Å². The Bertz CT molecular complexity index is 1180. The first-order valence-corrected chi connectivity index (χ1v) is 11.0. The van der Waals surface area contributed by atoms with Crippen molar-refractivity contribution in [3.05, 3.63) is 64.3 Å². The molecule has 4 rings (SSSR count). The summed E-state index contributed by atoms with van der Waals surface area (Å²) in [4.78, 5) is 26.3. The van der Waals surface area contributed by atoms with Gasteiger partial charge in [0, 0.05) is 16.0 Å². The second-order valence-electron chi connectivity index (χ2n) is 5.97. The molecule has 0 saturated heterocycles. The van der Waals surface area contributed by atoms with Gasteiger partial charge in [-0.2, -0.15) is 0 Å². The average molecular weight is 443 g/mol. The molecule has 0 aliphatic carbocycles. The number of carbonyl (C=O) groups is 1. The van der Waals surface area contributed by atoms with Crippen LogP contribution < -0.4 is 5.32 Å². The third-order valence-electron chi connectivity index (χ3n) is 4.09. The minimum atomic E-state index is -0.307. The largest absolute Gasteiger partial charge is 0.461 e. The molecule has 0 fully saturated rings. The zero-order valence-corrected chi connectivity index (χ0v) is 17.9. The molecule has 0 radical (unpaired) electrons. The molecule has 0 aliphatic rings. The fraction of sp³-hybridized carbons (Fsp3) is 0.100. The normalized spacial score (nSPS) is 10.9. The second kappa shape index (κ2) is 8.36. The van der Waals surface area contributed by atoms with E-state index >= 15 is 0 Å². The molecular formula is C20H15ClN4O2S2. The number of carbonyl (C=O) groups excluding carboxylic acids is 1. The van der Waals surface area contributed by atoms with Gasteiger partial charge in [-0.3, -0.25) is 10.1 Å². The van der Waals surface area contributed by atoms with Crippen molar-refractivity contribution in [1.82, 2.24) is 15.0 Å². The zero-order chi connectivity index (χ0) is 20.4. The van der Waals surface area contributed by atoms with Crippen molar-refractivity contribution in [3.63, 3.8) is 0 Å². The number of amides is 1. The minimum absolute atomic E-state index is 0.307. The van der Waals surface area contributed by atoms with Crippen LogP contribution in [0.3, 0.4) is 0 Å². The summed E-state index contributed by atoms with van der Waals surface area (Å²) in [7, 11) is 0. The number of aromatic nitrogens is 3. The maximum absolute atomic E-state index is 12.9. The number of halogens is 1. The van der Waals surface area contributed by atoms with Crippen molar-refractivity contribution in [2.24, 2.45) is 0 Å². The van der Waals surface area contributed by atoms with Crippen molar-refractivity contribution >= 4 is 45.7 Å². The molecule has 29 heavy (non-hydrogen) atoms. The standard InChI is InChI=1S/C20H15ClN4O2S2/c1-11-16(19(28-2)24-17(22-11)15-8-5-9-27-15)18(26)25-20-23-14(10-29-20)12-6-3-4-7-13(12)21/h3-10H,1-2H3,(H,23,25,26). The molecule has 146 valence electrons. The van der Waals surface area contributed by atoms with Gasteiger partial charge in [0.15, 0.2) is 16.7 Å². The predicted molar refractivity (Wildman–Crippen MR) is 117 cm³/mol. The number of rotatable bonds is 5. The first kappa shape index (κ1) is 19.6. The molecule has 1 aromatic carbocycles. The quantitative estimate of drug-likeness (QED) is 0.311. The first-order chi connectivity index (χ1) is 14.1. The Morgan fingerprint density at radius 2 is 2.00 bits per heavy atom. The molecule has 3 aromatic heterocycles. The summed E-state index contributed by atoms with van der Waals surface area (Å²) in [6.45, 7) is 1.78. The van der Waals surface area contributed by atoms with E-state index in [0.717, 1.165) is 5.56 Å². The van der Waals surface area contributed by atoms with Crippen LogP contribution in [0.25, 0.3) is 22.8 Å². The Kier molecular flexibility index (Phi) is 5.66. The molecule has 0 atom stereocenters. The number of furan rings is 1. The van der Waals surface area contributed by atoms with Gasteiger partial charge < -0.3 is 4.42 Å². The number of nitrogens with zero attached hydrogens (tertiary/aromatic N) is 3. The Morgan fingerprint density at radius 1 is 1.17 bits per heavy atom. The smallest absolute Gasteiger partial charge is 0.262 e. The van der Waals surface area contributed by atoms with Crippen LogP contribution in [0.2, 0.25) is 5.02 Å². The van der Waals surface area contributed by atoms with Gasteiger partial charge in [0.2, 0.25) is 0 Å². The van der Waals surface area contributed by atoms with Gasteiger partial charge >= 0.3 is 0 Å². The number of thiazole rings is 1. The van der Waals surface area contributed by atoms with E-state index in [9.17, 15) is 4.79 Å². The lowest BCUT2D eigenvalue weighted by Crippen LogP contribution is -2.16. The highest BCUT2D eigenvalue weighted by Gasteiger charge is 2.21. The third kappa shape index (κ3) is 4.05. The number of thioether (sulfide) groups is 1. The Hall–Kier alpha value is -2.68. The molecule has 0 spiro atoms. The third-order valence-corrected chi connectivity index (χ3v) is 5.86. The number of aryl methyl sites for hydroxylation is 1. The number of benzene rings is 1. The van der Waals surface area contributed by atoms with Gasteiger partial charge in [-0.15, -0.1) is 23.1 Å². The summed E-state index contributed by atoms with van der Waals surface area (Å²) in [5.41, 5.74) is 2.51. The summed E-state index contributed by atoms with van der Waals surface area (Å²) in [5, 5.41) is 6.36. The highest BCUT2D eigenvalue weighted by molar-refractivity contribution is 7.98. The van der Waals surface area contributed by atoms with Gasteiger partial charge in [-0.25, -0.2) is 15.0 Å². The van der Waals surface area contributed by atoms with E-state index in [0.29, 0.717) is 43.7 Å². The van der Waals surface area contributed by atoms with E-state index in [1.54, 1.807) is 31.4 Å². The van der Waals surface area contributed by atoms with E-state index in [-0.39, 0.29) is 5.91 Å². The lowest BCUT2D eigenvalue weighted by molar-refractivity contribution is 0.102. The number of anilines is 1. The molecule has 3 heterocycles. The highest BCUT2D eigenvalue weighted by atomic mass is 35.5. The van der Waals surface area contributed by atoms with Crippen LogP contribution in [0.5, 0.6) is 0 Å². The second-order valence-corrected chi connectivity index (χ2v) is 8.03. The Labute approximate surface area is 180 Å². The molecular weight excluding hydrogens is 428 g/mol. The van der Waals surface area contributed by atoms with E-state index in [2.05, 4.69) is 20.3 Å². The fourth-order valence-corrected chi connectivity index (χ4v) is 4.32. The lowest BCUT2D eigenvalue weighted by Gasteiger charge is -2.10. The van der Waals surface area contributed by atoms with Crippen LogP contribution in [0.1, 0.15) is 16.1 Å². The molecule has 0 unspecified atom stereocenters. The summed E-state index contributed by atoms with van der Waals surface area (Å²) < 4.78 is 5.37. The fourth-order valence-electron chi connectivity index (χ4n) is 2.76. The lowest BCUT2D eigenvalue weighted by atomic mass is 10.2. The molecule has 0 bridgehead atoms. The van der Waals surface area contributed by atoms with E-state index in [4.69, 9.17) is 16.0 Å². The maximum atomic E-state index is 12.9. The van der Waals surface area contributed by atoms with Crippen LogP contribution in [0.15, 0.2) is 57.5 Å². The van der Waals surface area contributed by atoms with E-state index in [1.807, 2.05) is 29.8 Å². The molecule has 1 amide bonds. The predicted octanol–water partition coefficient (Wildman–Crippen LogP) is 5.80. The van der Waals surface area contributed by atoms with Crippen molar-refractivity contribution < 1.29 is 9.21 Å². The van der Waals surface area contributed by atoms with Crippen LogP contribution in [-0.4, -0.2) is 27.1 Å². The Morgan fingerprint density at radius 3 is 2.72 bits per heavy atom. The minimum Gasteiger partial charge on any atom is -0.461 e. The Balaban J connectivity index is 1.61. The van der Waals surface area contributed by atoms with Crippen LogP contribution >= 0.6 is 34.7 Å². The number of nitrogens with one attached hydrogen (secondary N) is 1. The van der Waals surface area contributed by atoms with Crippen LogP contribution in [0.4, 0.5) is 5.13 Å². The molecule has 6 nitrogen and oxygen atoms in total. The topological polar surface area (TPSA) is 80.9 Å². The first-order valence-electron chi connectivity index (χ1n) is 8.55. The van der Waals surface area contributed by atoms with Crippen molar-refractivity contribution in [2.75, 3.05) is 11.6 Å².